The van der Waals surface area contributed by atoms with Gasteiger partial charge in [0.05, 0.1) is 4.92 Å². The highest BCUT2D eigenvalue weighted by Crippen LogP contribution is 2.25. The minimum Gasteiger partial charge on any atom is -0.446 e. The summed E-state index contributed by atoms with van der Waals surface area (Å²) in [4.78, 5) is 36.2. The van der Waals surface area contributed by atoms with Gasteiger partial charge in [0.25, 0.3) is 5.91 Å². The first-order valence-corrected chi connectivity index (χ1v) is 10.0. The van der Waals surface area contributed by atoms with Gasteiger partial charge in [-0.25, -0.2) is 0 Å². The molecule has 0 saturated carbocycles. The molecule has 1 aromatic heterocycles. The first-order valence-electron chi connectivity index (χ1n) is 9.67. The summed E-state index contributed by atoms with van der Waals surface area (Å²) < 4.78 is 6.67. The van der Waals surface area contributed by atoms with Crippen LogP contribution >= 0.6 is 11.6 Å². The van der Waals surface area contributed by atoms with Crippen molar-refractivity contribution < 1.29 is 19.2 Å². The SMILES string of the molecule is Cc1ccc(NC(=O)C(OC(=O)Cn2nc(C)c([N+](=O)[O-])c2C)c2ccccc2)cc1Cl. The molecular formula is C22H21ClN4O5. The molecule has 3 rings (SSSR count). The van der Waals surface area contributed by atoms with Crippen LogP contribution in [-0.4, -0.2) is 26.6 Å². The molecule has 166 valence electrons. The number of aryl methyl sites for hydroxylation is 2. The van der Waals surface area contributed by atoms with Gasteiger partial charge in [-0.2, -0.15) is 5.10 Å². The van der Waals surface area contributed by atoms with E-state index in [2.05, 4.69) is 10.4 Å². The summed E-state index contributed by atoms with van der Waals surface area (Å²) in [7, 11) is 0. The second-order valence-corrected chi connectivity index (χ2v) is 7.58. The van der Waals surface area contributed by atoms with Crippen LogP contribution in [0.25, 0.3) is 0 Å². The number of rotatable bonds is 7. The number of carbonyl (C=O) groups is 2. The zero-order chi connectivity index (χ0) is 23.4. The maximum atomic E-state index is 13.0. The lowest BCUT2D eigenvalue weighted by molar-refractivity contribution is -0.386. The van der Waals surface area contributed by atoms with Crippen molar-refractivity contribution in [3.8, 4) is 0 Å². The number of nitro groups is 1. The molecule has 1 unspecified atom stereocenters. The average Bonchev–Trinajstić information content (AvgIpc) is 3.02. The van der Waals surface area contributed by atoms with Crippen LogP contribution in [0.3, 0.4) is 0 Å². The topological polar surface area (TPSA) is 116 Å². The van der Waals surface area contributed by atoms with E-state index in [1.807, 2.05) is 6.92 Å². The molecule has 0 aliphatic heterocycles. The Bertz CT molecular complexity index is 1180. The molecular weight excluding hydrogens is 436 g/mol. The highest BCUT2D eigenvalue weighted by molar-refractivity contribution is 6.31. The first-order chi connectivity index (χ1) is 15.2. The Morgan fingerprint density at radius 1 is 1.19 bits per heavy atom. The lowest BCUT2D eigenvalue weighted by Gasteiger charge is -2.18. The number of carbonyl (C=O) groups excluding carboxylic acids is 2. The van der Waals surface area contributed by atoms with E-state index in [1.165, 1.54) is 18.5 Å². The summed E-state index contributed by atoms with van der Waals surface area (Å²) in [6.07, 6.45) is -1.24. The van der Waals surface area contributed by atoms with Gasteiger partial charge in [-0.1, -0.05) is 48.0 Å². The molecule has 1 N–H and O–H groups in total. The third-order valence-electron chi connectivity index (χ3n) is 4.83. The van der Waals surface area contributed by atoms with Crippen molar-refractivity contribution >= 4 is 34.9 Å². The number of nitrogens with zero attached hydrogens (tertiary/aromatic N) is 3. The van der Waals surface area contributed by atoms with E-state index in [4.69, 9.17) is 16.3 Å². The Kier molecular flexibility index (Phi) is 6.89. The van der Waals surface area contributed by atoms with Gasteiger partial charge in [-0.05, 0) is 38.5 Å². The quantitative estimate of drug-likeness (QED) is 0.322. The molecule has 9 nitrogen and oxygen atoms in total. The zero-order valence-corrected chi connectivity index (χ0v) is 18.4. The number of halogens is 1. The maximum Gasteiger partial charge on any atom is 0.328 e. The van der Waals surface area contributed by atoms with Crippen LogP contribution < -0.4 is 5.32 Å². The molecule has 0 spiro atoms. The number of amides is 1. The van der Waals surface area contributed by atoms with Crippen molar-refractivity contribution in [3.63, 3.8) is 0 Å². The second kappa shape index (κ2) is 9.61. The summed E-state index contributed by atoms with van der Waals surface area (Å²) >= 11 is 6.13. The van der Waals surface area contributed by atoms with Crippen LogP contribution in [0.15, 0.2) is 48.5 Å². The van der Waals surface area contributed by atoms with E-state index >= 15 is 0 Å². The van der Waals surface area contributed by atoms with Gasteiger partial charge in [0, 0.05) is 16.3 Å². The molecule has 32 heavy (non-hydrogen) atoms. The van der Waals surface area contributed by atoms with Gasteiger partial charge in [-0.15, -0.1) is 0 Å². The van der Waals surface area contributed by atoms with Crippen LogP contribution in [0.1, 0.15) is 28.6 Å². The molecule has 1 amide bonds. The number of esters is 1. The smallest absolute Gasteiger partial charge is 0.328 e. The number of ether oxygens (including phenoxy) is 1. The number of hydrogen-bond acceptors (Lipinski definition) is 6. The zero-order valence-electron chi connectivity index (χ0n) is 17.7. The van der Waals surface area contributed by atoms with Gasteiger partial charge in [0.15, 0.2) is 0 Å². The van der Waals surface area contributed by atoms with E-state index in [9.17, 15) is 19.7 Å². The first kappa shape index (κ1) is 23.0. The molecule has 0 aliphatic rings. The molecule has 3 aromatic rings. The monoisotopic (exact) mass is 456 g/mol. The van der Waals surface area contributed by atoms with Gasteiger partial charge >= 0.3 is 11.7 Å². The molecule has 1 atom stereocenters. The Morgan fingerprint density at radius 2 is 1.88 bits per heavy atom. The van der Waals surface area contributed by atoms with Crippen molar-refractivity contribution in [3.05, 3.63) is 86.2 Å². The summed E-state index contributed by atoms with van der Waals surface area (Å²) in [5.41, 5.74) is 2.03. The molecule has 1 heterocycles. The van der Waals surface area contributed by atoms with E-state index in [1.54, 1.807) is 48.5 Å². The van der Waals surface area contributed by atoms with Gasteiger partial charge in [0.2, 0.25) is 6.10 Å². The number of anilines is 1. The fraction of sp³-hybridized carbons (Fsp3) is 0.227. The van der Waals surface area contributed by atoms with Crippen LogP contribution in [0.4, 0.5) is 11.4 Å². The summed E-state index contributed by atoms with van der Waals surface area (Å²) in [6, 6.07) is 13.6. The molecule has 0 saturated heterocycles. The largest absolute Gasteiger partial charge is 0.446 e. The van der Waals surface area contributed by atoms with Crippen molar-refractivity contribution in [1.82, 2.24) is 9.78 Å². The summed E-state index contributed by atoms with van der Waals surface area (Å²) in [5.74, 6) is -1.33. The van der Waals surface area contributed by atoms with E-state index in [-0.39, 0.29) is 23.6 Å². The predicted octanol–water partition coefficient (Wildman–Crippen LogP) is 4.29. The molecule has 0 bridgehead atoms. The molecule has 0 aliphatic carbocycles. The average molecular weight is 457 g/mol. The Morgan fingerprint density at radius 3 is 2.47 bits per heavy atom. The summed E-state index contributed by atoms with van der Waals surface area (Å²) in [5, 5.41) is 18.4. The van der Waals surface area contributed by atoms with Crippen molar-refractivity contribution in [2.45, 2.75) is 33.4 Å². The normalized spacial score (nSPS) is 11.6. The van der Waals surface area contributed by atoms with Crippen LogP contribution in [0.2, 0.25) is 5.02 Å². The van der Waals surface area contributed by atoms with Gasteiger partial charge in [-0.3, -0.25) is 24.4 Å². The Balaban J connectivity index is 1.81. The van der Waals surface area contributed by atoms with Crippen molar-refractivity contribution in [2.24, 2.45) is 0 Å². The van der Waals surface area contributed by atoms with E-state index in [0.29, 0.717) is 16.3 Å². The third kappa shape index (κ3) is 5.12. The minimum atomic E-state index is -1.24. The van der Waals surface area contributed by atoms with Crippen LogP contribution in [0.5, 0.6) is 0 Å². The molecule has 0 radical (unpaired) electrons. The predicted molar refractivity (Wildman–Crippen MR) is 118 cm³/mol. The number of benzene rings is 2. The lowest BCUT2D eigenvalue weighted by Crippen LogP contribution is -2.27. The lowest BCUT2D eigenvalue weighted by atomic mass is 10.1. The van der Waals surface area contributed by atoms with E-state index in [0.717, 1.165) is 5.56 Å². The summed E-state index contributed by atoms with van der Waals surface area (Å²) in [6.45, 7) is 4.44. The number of hydrogen-bond donors (Lipinski definition) is 1. The Hall–Kier alpha value is -3.72. The van der Waals surface area contributed by atoms with Crippen molar-refractivity contribution in [1.29, 1.82) is 0 Å². The van der Waals surface area contributed by atoms with Crippen LogP contribution in [0, 0.1) is 30.9 Å². The molecule has 2 aromatic carbocycles. The van der Waals surface area contributed by atoms with Gasteiger partial charge < -0.3 is 10.1 Å². The second-order valence-electron chi connectivity index (χ2n) is 7.17. The van der Waals surface area contributed by atoms with Crippen LogP contribution in [-0.2, 0) is 20.9 Å². The highest BCUT2D eigenvalue weighted by Gasteiger charge is 2.28. The Labute approximate surface area is 189 Å². The number of aromatic nitrogens is 2. The molecule has 0 fully saturated rings. The third-order valence-corrected chi connectivity index (χ3v) is 5.24. The maximum absolute atomic E-state index is 13.0. The highest BCUT2D eigenvalue weighted by atomic mass is 35.5. The molecule has 10 heteroatoms. The van der Waals surface area contributed by atoms with Gasteiger partial charge in [0.1, 0.15) is 17.9 Å². The van der Waals surface area contributed by atoms with Crippen molar-refractivity contribution in [2.75, 3.05) is 5.32 Å². The van der Waals surface area contributed by atoms with E-state index < -0.39 is 22.9 Å². The number of nitrogens with one attached hydrogen (secondary N) is 1. The fourth-order valence-corrected chi connectivity index (χ4v) is 3.36. The minimum absolute atomic E-state index is 0.161. The standard InChI is InChI=1S/C22H21ClN4O5/c1-13-9-10-17(11-18(13)23)24-22(29)21(16-7-5-4-6-8-16)32-19(28)12-26-15(3)20(27(30)31)14(2)25-26/h4-11,21H,12H2,1-3H3,(H,24,29). The fourth-order valence-electron chi connectivity index (χ4n) is 3.18.